The first-order valence-corrected chi connectivity index (χ1v) is 9.67. The Labute approximate surface area is 169 Å². The maximum atomic E-state index is 12.9. The van der Waals surface area contributed by atoms with E-state index in [4.69, 9.17) is 0 Å². The van der Waals surface area contributed by atoms with Crippen LogP contribution < -0.4 is 15.1 Å². The van der Waals surface area contributed by atoms with Crippen LogP contribution in [0, 0.1) is 16.0 Å². The number of aromatic nitrogens is 1. The van der Waals surface area contributed by atoms with Crippen molar-refractivity contribution >= 4 is 23.1 Å². The third kappa shape index (κ3) is 3.65. The molecular weight excluding hydrogens is 370 g/mol. The van der Waals surface area contributed by atoms with Crippen molar-refractivity contribution in [2.75, 3.05) is 36.0 Å². The lowest BCUT2D eigenvalue weighted by molar-refractivity contribution is -0.384. The van der Waals surface area contributed by atoms with Crippen molar-refractivity contribution < 1.29 is 9.72 Å². The smallest absolute Gasteiger partial charge is 0.269 e. The van der Waals surface area contributed by atoms with Gasteiger partial charge in [0.15, 0.2) is 0 Å². The molecule has 1 amide bonds. The Hall–Kier alpha value is -3.42. The Kier molecular flexibility index (Phi) is 5.16. The molecule has 0 spiro atoms. The minimum absolute atomic E-state index is 0.0375. The number of anilines is 2. The number of benzene rings is 1. The number of nitro benzene ring substituents is 1. The first-order chi connectivity index (χ1) is 14.1. The van der Waals surface area contributed by atoms with Crippen LogP contribution in [0.2, 0.25) is 0 Å². The Morgan fingerprint density at radius 2 is 2.21 bits per heavy atom. The fourth-order valence-corrected chi connectivity index (χ4v) is 4.28. The van der Waals surface area contributed by atoms with E-state index in [-0.39, 0.29) is 23.6 Å². The Bertz CT molecular complexity index is 933. The molecule has 2 aliphatic heterocycles. The van der Waals surface area contributed by atoms with Crippen LogP contribution in [-0.2, 0) is 11.2 Å². The number of carbonyl (C=O) groups is 1. The van der Waals surface area contributed by atoms with Crippen LogP contribution in [0.1, 0.15) is 5.56 Å². The third-order valence-electron chi connectivity index (χ3n) is 5.64. The number of nitro groups is 1. The van der Waals surface area contributed by atoms with E-state index in [1.165, 1.54) is 0 Å². The summed E-state index contributed by atoms with van der Waals surface area (Å²) in [5.74, 6) is 0.530. The second kappa shape index (κ2) is 7.90. The van der Waals surface area contributed by atoms with E-state index in [0.717, 1.165) is 30.2 Å². The number of piperazine rings is 1. The zero-order valence-electron chi connectivity index (χ0n) is 16.0. The maximum Gasteiger partial charge on any atom is 0.269 e. The first-order valence-electron chi connectivity index (χ1n) is 9.67. The molecule has 1 aromatic heterocycles. The number of nitrogens with one attached hydrogen (secondary N) is 1. The predicted octanol–water partition coefficient (Wildman–Crippen LogP) is 2.16. The Morgan fingerprint density at radius 3 is 2.93 bits per heavy atom. The van der Waals surface area contributed by atoms with Gasteiger partial charge in [-0.05, 0) is 30.2 Å². The van der Waals surface area contributed by atoms with Crippen LogP contribution in [0.15, 0.2) is 55.3 Å². The monoisotopic (exact) mass is 393 g/mol. The fourth-order valence-electron chi connectivity index (χ4n) is 4.28. The zero-order chi connectivity index (χ0) is 20.4. The van der Waals surface area contributed by atoms with Gasteiger partial charge in [0, 0.05) is 50.2 Å². The van der Waals surface area contributed by atoms with E-state index < -0.39 is 4.92 Å². The van der Waals surface area contributed by atoms with Gasteiger partial charge in [0.1, 0.15) is 5.82 Å². The number of pyridine rings is 1. The molecule has 2 aliphatic rings. The molecule has 0 radical (unpaired) electrons. The molecule has 2 aromatic rings. The van der Waals surface area contributed by atoms with E-state index in [0.29, 0.717) is 19.5 Å². The number of carbonyl (C=O) groups excluding carboxylic acids is 1. The van der Waals surface area contributed by atoms with E-state index in [1.54, 1.807) is 24.4 Å². The molecule has 2 atom stereocenters. The highest BCUT2D eigenvalue weighted by molar-refractivity contribution is 5.82. The summed E-state index contributed by atoms with van der Waals surface area (Å²) in [5.41, 5.74) is 1.88. The SMILES string of the molecule is C=CCNC(=O)[C@@H]1Cc2cc([N+](=O)[O-])ccc2N2CCN(c3ccccn3)C[C@H]12. The molecule has 0 bridgehead atoms. The number of nitrogens with zero attached hydrogens (tertiary/aromatic N) is 4. The molecule has 29 heavy (non-hydrogen) atoms. The maximum absolute atomic E-state index is 12.9. The lowest BCUT2D eigenvalue weighted by Crippen LogP contribution is -2.61. The summed E-state index contributed by atoms with van der Waals surface area (Å²) >= 11 is 0. The van der Waals surface area contributed by atoms with Crippen LogP contribution in [0.5, 0.6) is 0 Å². The highest BCUT2D eigenvalue weighted by Gasteiger charge is 2.42. The fraction of sp³-hybridized carbons (Fsp3) is 0.333. The lowest BCUT2D eigenvalue weighted by Gasteiger charge is -2.49. The summed E-state index contributed by atoms with van der Waals surface area (Å²) in [6.07, 6.45) is 3.89. The summed E-state index contributed by atoms with van der Waals surface area (Å²) in [6, 6.07) is 10.7. The van der Waals surface area contributed by atoms with Crippen molar-refractivity contribution in [3.8, 4) is 0 Å². The van der Waals surface area contributed by atoms with Gasteiger partial charge in [-0.2, -0.15) is 0 Å². The molecule has 1 aromatic carbocycles. The Balaban J connectivity index is 1.67. The highest BCUT2D eigenvalue weighted by atomic mass is 16.6. The molecule has 1 fully saturated rings. The van der Waals surface area contributed by atoms with Crippen LogP contribution in [0.4, 0.5) is 17.2 Å². The van der Waals surface area contributed by atoms with Crippen molar-refractivity contribution in [1.29, 1.82) is 0 Å². The van der Waals surface area contributed by atoms with Crippen molar-refractivity contribution in [3.05, 3.63) is 70.9 Å². The number of fused-ring (bicyclic) bond motifs is 3. The summed E-state index contributed by atoms with van der Waals surface area (Å²) in [5, 5.41) is 14.1. The predicted molar refractivity (Wildman–Crippen MR) is 111 cm³/mol. The van der Waals surface area contributed by atoms with Gasteiger partial charge in [-0.3, -0.25) is 14.9 Å². The van der Waals surface area contributed by atoms with Crippen molar-refractivity contribution in [1.82, 2.24) is 10.3 Å². The molecule has 1 saturated heterocycles. The average molecular weight is 393 g/mol. The minimum atomic E-state index is -0.391. The normalized spacial score (nSPS) is 20.4. The van der Waals surface area contributed by atoms with Crippen LogP contribution in [-0.4, -0.2) is 48.0 Å². The molecule has 3 heterocycles. The quantitative estimate of drug-likeness (QED) is 0.476. The lowest BCUT2D eigenvalue weighted by atomic mass is 9.83. The highest BCUT2D eigenvalue weighted by Crippen LogP contribution is 2.38. The van der Waals surface area contributed by atoms with Crippen molar-refractivity contribution in [3.63, 3.8) is 0 Å². The van der Waals surface area contributed by atoms with Crippen LogP contribution in [0.3, 0.4) is 0 Å². The molecule has 0 unspecified atom stereocenters. The van der Waals surface area contributed by atoms with Crippen molar-refractivity contribution in [2.24, 2.45) is 5.92 Å². The van der Waals surface area contributed by atoms with Gasteiger partial charge in [-0.15, -0.1) is 6.58 Å². The number of hydrogen-bond donors (Lipinski definition) is 1. The second-order valence-corrected chi connectivity index (χ2v) is 7.31. The molecule has 4 rings (SSSR count). The van der Waals surface area contributed by atoms with E-state index in [1.807, 2.05) is 24.3 Å². The van der Waals surface area contributed by atoms with Gasteiger partial charge in [-0.25, -0.2) is 4.98 Å². The van der Waals surface area contributed by atoms with E-state index in [9.17, 15) is 14.9 Å². The van der Waals surface area contributed by atoms with Crippen LogP contribution >= 0.6 is 0 Å². The number of rotatable bonds is 5. The van der Waals surface area contributed by atoms with E-state index >= 15 is 0 Å². The third-order valence-corrected chi connectivity index (χ3v) is 5.64. The standard InChI is InChI=1S/C21H23N5O3/c1-2-8-23-21(27)17-13-15-12-16(26(28)29)6-7-18(15)25-11-10-24(14-19(17)25)20-5-3-4-9-22-20/h2-7,9,12,17,19H,1,8,10-11,13-14H2,(H,23,27)/t17-,19-/m1/s1. The van der Waals surface area contributed by atoms with Gasteiger partial charge in [0.2, 0.25) is 5.91 Å². The topological polar surface area (TPSA) is 91.6 Å². The summed E-state index contributed by atoms with van der Waals surface area (Å²) in [4.78, 5) is 32.6. The summed E-state index contributed by atoms with van der Waals surface area (Å²) in [6.45, 7) is 6.21. The minimum Gasteiger partial charge on any atom is -0.364 e. The molecule has 8 heteroatoms. The molecule has 8 nitrogen and oxygen atoms in total. The number of non-ortho nitro benzene ring substituents is 1. The Morgan fingerprint density at radius 1 is 1.34 bits per heavy atom. The van der Waals surface area contributed by atoms with E-state index in [2.05, 4.69) is 26.7 Å². The molecule has 1 N–H and O–H groups in total. The second-order valence-electron chi connectivity index (χ2n) is 7.31. The number of amides is 1. The van der Waals surface area contributed by atoms with Gasteiger partial charge in [0.05, 0.1) is 16.9 Å². The summed E-state index contributed by atoms with van der Waals surface area (Å²) in [7, 11) is 0. The molecule has 0 saturated carbocycles. The summed E-state index contributed by atoms with van der Waals surface area (Å²) < 4.78 is 0. The van der Waals surface area contributed by atoms with Gasteiger partial charge in [0.25, 0.3) is 5.69 Å². The van der Waals surface area contributed by atoms with Gasteiger partial charge in [-0.1, -0.05) is 12.1 Å². The molecular formula is C21H23N5O3. The van der Waals surface area contributed by atoms with Crippen LogP contribution in [0.25, 0.3) is 0 Å². The molecule has 150 valence electrons. The molecule has 0 aliphatic carbocycles. The van der Waals surface area contributed by atoms with Gasteiger partial charge < -0.3 is 15.1 Å². The largest absolute Gasteiger partial charge is 0.364 e. The van der Waals surface area contributed by atoms with Gasteiger partial charge >= 0.3 is 0 Å². The first kappa shape index (κ1) is 18.9. The zero-order valence-corrected chi connectivity index (χ0v) is 16.0. The average Bonchev–Trinajstić information content (AvgIpc) is 2.76. The number of hydrogen-bond acceptors (Lipinski definition) is 6. The van der Waals surface area contributed by atoms with Crippen molar-refractivity contribution in [2.45, 2.75) is 12.5 Å².